The second-order valence-corrected chi connectivity index (χ2v) is 6.15. The van der Waals surface area contributed by atoms with E-state index in [-0.39, 0.29) is 12.4 Å². The fraction of sp³-hybridized carbons (Fsp3) is 0.350. The molecule has 0 aliphatic heterocycles. The average molecular weight is 405 g/mol. The maximum Gasteiger partial charge on any atom is 0.167 e. The molecule has 0 fully saturated rings. The van der Waals surface area contributed by atoms with Crippen LogP contribution in [0, 0.1) is 0 Å². The molecule has 2 aromatic carbocycles. The van der Waals surface area contributed by atoms with E-state index in [9.17, 15) is 0 Å². The number of alkyl halides is 1. The number of hydrazone groups is 1. The molecule has 0 saturated carbocycles. The predicted molar refractivity (Wildman–Crippen MR) is 108 cm³/mol. The third-order valence-electron chi connectivity index (χ3n) is 3.50. The maximum atomic E-state index is 5.85. The van der Waals surface area contributed by atoms with Gasteiger partial charge in [0.2, 0.25) is 0 Å². The zero-order chi connectivity index (χ0) is 17.9. The van der Waals surface area contributed by atoms with Crippen LogP contribution >= 0.6 is 15.9 Å². The summed E-state index contributed by atoms with van der Waals surface area (Å²) >= 11 is 3.41. The van der Waals surface area contributed by atoms with Crippen molar-refractivity contribution >= 4 is 33.5 Å². The molecule has 0 aromatic heterocycles. The summed E-state index contributed by atoms with van der Waals surface area (Å²) in [6.07, 6.45) is 2.38. The second kappa shape index (κ2) is 11.0. The van der Waals surface area contributed by atoms with E-state index in [2.05, 4.69) is 21.0 Å². The normalized spacial score (nSPS) is 13.7. The number of hydrogen-bond acceptors (Lipinski definition) is 4. The van der Waals surface area contributed by atoms with Crippen molar-refractivity contribution in [3.63, 3.8) is 0 Å². The van der Waals surface area contributed by atoms with E-state index in [4.69, 9.17) is 9.47 Å². The zero-order valence-corrected chi connectivity index (χ0v) is 16.3. The number of rotatable bonds is 10. The Morgan fingerprint density at radius 2 is 1.60 bits per heavy atom. The van der Waals surface area contributed by atoms with Crippen LogP contribution in [-0.2, 0) is 9.47 Å². The van der Waals surface area contributed by atoms with Gasteiger partial charge in [-0.05, 0) is 38.1 Å². The molecule has 0 aliphatic carbocycles. The van der Waals surface area contributed by atoms with E-state index in [1.807, 2.05) is 85.7 Å². The Balaban J connectivity index is 2.03. The number of nitrogens with zero attached hydrogens (tertiary/aromatic N) is 2. The number of ether oxygens (including phenoxy) is 2. The summed E-state index contributed by atoms with van der Waals surface area (Å²) in [5.74, 6) is 0. The molecule has 0 bridgehead atoms. The maximum absolute atomic E-state index is 5.85. The summed E-state index contributed by atoms with van der Waals surface area (Å²) < 4.78 is 11.4. The van der Waals surface area contributed by atoms with Gasteiger partial charge in [0, 0.05) is 19.2 Å². The summed E-state index contributed by atoms with van der Waals surface area (Å²) in [7, 11) is 0. The molecule has 0 spiro atoms. The van der Waals surface area contributed by atoms with E-state index in [1.165, 1.54) is 0 Å². The lowest BCUT2D eigenvalue weighted by atomic mass is 10.2. The molecule has 0 saturated heterocycles. The molecule has 0 heterocycles. The third kappa shape index (κ3) is 6.61. The van der Waals surface area contributed by atoms with Crippen LogP contribution in [0.4, 0.5) is 11.4 Å². The monoisotopic (exact) mass is 404 g/mol. The van der Waals surface area contributed by atoms with Crippen LogP contribution in [0.3, 0.4) is 0 Å². The van der Waals surface area contributed by atoms with Crippen molar-refractivity contribution in [3.8, 4) is 0 Å². The minimum atomic E-state index is -0.229. The average Bonchev–Trinajstić information content (AvgIpc) is 2.66. The van der Waals surface area contributed by atoms with Crippen molar-refractivity contribution in [2.45, 2.75) is 32.7 Å². The van der Waals surface area contributed by atoms with Crippen molar-refractivity contribution in [1.82, 2.24) is 0 Å². The molecular weight excluding hydrogens is 380 g/mol. The molecular formula is C20H25BrN2O2. The standard InChI is InChI=1S/C20H25BrN2O2/c1-3-24-20(16-21)25-17(2)14-15-22-23(18-10-6-4-7-11-18)19-12-8-5-9-13-19/h4-13,15,17,20H,3,14,16H2,1-2H3/b22-15+/t17-,20?/m0/s1. The minimum absolute atomic E-state index is 0.0197. The Bertz CT molecular complexity index is 583. The van der Waals surface area contributed by atoms with Gasteiger partial charge in [-0.15, -0.1) is 0 Å². The Morgan fingerprint density at radius 1 is 1.04 bits per heavy atom. The van der Waals surface area contributed by atoms with Crippen LogP contribution < -0.4 is 5.01 Å². The summed E-state index contributed by atoms with van der Waals surface area (Å²) in [6.45, 7) is 4.62. The van der Waals surface area contributed by atoms with Crippen LogP contribution in [0.1, 0.15) is 20.3 Å². The largest absolute Gasteiger partial charge is 0.352 e. The summed E-state index contributed by atoms with van der Waals surface area (Å²) in [6, 6.07) is 20.2. The first-order valence-corrected chi connectivity index (χ1v) is 9.62. The molecule has 0 radical (unpaired) electrons. The van der Waals surface area contributed by atoms with E-state index >= 15 is 0 Å². The van der Waals surface area contributed by atoms with Crippen LogP contribution in [-0.4, -0.2) is 30.5 Å². The van der Waals surface area contributed by atoms with E-state index in [1.54, 1.807) is 0 Å². The third-order valence-corrected chi connectivity index (χ3v) is 4.03. The molecule has 0 amide bonds. The second-order valence-electron chi connectivity index (χ2n) is 5.50. The highest BCUT2D eigenvalue weighted by atomic mass is 79.9. The van der Waals surface area contributed by atoms with Crippen LogP contribution in [0.25, 0.3) is 0 Å². The first-order chi connectivity index (χ1) is 12.2. The first-order valence-electron chi connectivity index (χ1n) is 8.50. The van der Waals surface area contributed by atoms with Gasteiger partial charge in [0.15, 0.2) is 6.29 Å². The number of benzene rings is 2. The number of hydrogen-bond donors (Lipinski definition) is 0. The number of anilines is 2. The van der Waals surface area contributed by atoms with E-state index in [0.29, 0.717) is 18.4 Å². The van der Waals surface area contributed by atoms with Gasteiger partial charge in [0.25, 0.3) is 0 Å². The minimum Gasteiger partial charge on any atom is -0.352 e. The van der Waals surface area contributed by atoms with Gasteiger partial charge in [-0.1, -0.05) is 52.3 Å². The highest BCUT2D eigenvalue weighted by Crippen LogP contribution is 2.25. The Hall–Kier alpha value is -1.69. The molecule has 25 heavy (non-hydrogen) atoms. The lowest BCUT2D eigenvalue weighted by Gasteiger charge is -2.21. The molecule has 5 heteroatoms. The Labute approximate surface area is 158 Å². The fourth-order valence-corrected chi connectivity index (χ4v) is 2.66. The number of halogens is 1. The fourth-order valence-electron chi connectivity index (χ4n) is 2.32. The molecule has 134 valence electrons. The van der Waals surface area contributed by atoms with E-state index < -0.39 is 0 Å². The molecule has 4 nitrogen and oxygen atoms in total. The predicted octanol–water partition coefficient (Wildman–Crippen LogP) is 5.36. The van der Waals surface area contributed by atoms with Gasteiger partial charge in [-0.2, -0.15) is 5.10 Å². The highest BCUT2D eigenvalue weighted by molar-refractivity contribution is 9.09. The van der Waals surface area contributed by atoms with Crippen molar-refractivity contribution in [2.24, 2.45) is 5.10 Å². The van der Waals surface area contributed by atoms with Crippen molar-refractivity contribution < 1.29 is 9.47 Å². The summed E-state index contributed by atoms with van der Waals surface area (Å²) in [4.78, 5) is 0. The SMILES string of the molecule is CCOC(CBr)O[C@@H](C)C/C=N/N(c1ccccc1)c1ccccc1. The summed E-state index contributed by atoms with van der Waals surface area (Å²) in [5.41, 5.74) is 2.04. The molecule has 2 atom stereocenters. The topological polar surface area (TPSA) is 34.1 Å². The Kier molecular flexibility index (Phi) is 8.66. The van der Waals surface area contributed by atoms with Crippen LogP contribution in [0.5, 0.6) is 0 Å². The molecule has 1 unspecified atom stereocenters. The van der Waals surface area contributed by atoms with Gasteiger partial charge in [0.1, 0.15) is 0 Å². The van der Waals surface area contributed by atoms with Gasteiger partial charge < -0.3 is 9.47 Å². The lowest BCUT2D eigenvalue weighted by Crippen LogP contribution is -2.24. The van der Waals surface area contributed by atoms with Crippen LogP contribution in [0.15, 0.2) is 65.8 Å². The van der Waals surface area contributed by atoms with Crippen molar-refractivity contribution in [2.75, 3.05) is 16.9 Å². The van der Waals surface area contributed by atoms with E-state index in [0.717, 1.165) is 11.4 Å². The summed E-state index contributed by atoms with van der Waals surface area (Å²) in [5, 5.41) is 7.24. The lowest BCUT2D eigenvalue weighted by molar-refractivity contribution is -0.146. The van der Waals surface area contributed by atoms with Crippen molar-refractivity contribution in [3.05, 3.63) is 60.7 Å². The van der Waals surface area contributed by atoms with Crippen molar-refractivity contribution in [1.29, 1.82) is 0 Å². The highest BCUT2D eigenvalue weighted by Gasteiger charge is 2.12. The van der Waals surface area contributed by atoms with Gasteiger partial charge in [-0.25, -0.2) is 5.01 Å². The van der Waals surface area contributed by atoms with Gasteiger partial charge in [0.05, 0.1) is 22.8 Å². The molecule has 0 N–H and O–H groups in total. The number of para-hydroxylation sites is 2. The zero-order valence-electron chi connectivity index (χ0n) is 14.7. The van der Waals surface area contributed by atoms with Crippen LogP contribution in [0.2, 0.25) is 0 Å². The molecule has 0 aliphatic rings. The smallest absolute Gasteiger partial charge is 0.167 e. The Morgan fingerprint density at radius 3 is 2.08 bits per heavy atom. The molecule has 2 aromatic rings. The van der Waals surface area contributed by atoms with Gasteiger partial charge >= 0.3 is 0 Å². The molecule has 2 rings (SSSR count). The first kappa shape index (κ1) is 19.6. The quantitative estimate of drug-likeness (QED) is 0.231. The van der Waals surface area contributed by atoms with Gasteiger partial charge in [-0.3, -0.25) is 0 Å².